The first kappa shape index (κ1) is 17.9. The van der Waals surface area contributed by atoms with Crippen LogP contribution >= 0.6 is 48.8 Å². The molecule has 0 aliphatic carbocycles. The van der Waals surface area contributed by atoms with Gasteiger partial charge in [0.2, 0.25) is 0 Å². The van der Waals surface area contributed by atoms with Crippen molar-refractivity contribution in [1.82, 2.24) is 0 Å². The van der Waals surface area contributed by atoms with Gasteiger partial charge in [-0.1, -0.05) is 60.7 Å². The normalized spacial score (nSPS) is 15.1. The molecular formula is C18H20S4. The molecule has 0 nitrogen and oxygen atoms in total. The summed E-state index contributed by atoms with van der Waals surface area (Å²) in [7, 11) is 0. The second-order valence-corrected chi connectivity index (χ2v) is 9.15. The highest BCUT2D eigenvalue weighted by molar-refractivity contribution is 8.21. The van der Waals surface area contributed by atoms with Crippen LogP contribution in [0, 0.1) is 0 Å². The van der Waals surface area contributed by atoms with Crippen LogP contribution in [0.1, 0.15) is 35.5 Å². The molecule has 116 valence electrons. The van der Waals surface area contributed by atoms with Crippen molar-refractivity contribution >= 4 is 48.8 Å². The molecule has 0 saturated heterocycles. The zero-order valence-corrected chi connectivity index (χ0v) is 16.1. The Morgan fingerprint density at radius 3 is 1.32 bits per heavy atom. The first-order chi connectivity index (χ1) is 10.6. The first-order valence-electron chi connectivity index (χ1n) is 7.13. The van der Waals surface area contributed by atoms with Gasteiger partial charge in [-0.15, -0.1) is 48.8 Å². The summed E-state index contributed by atoms with van der Waals surface area (Å²) < 4.78 is 1.96. The fourth-order valence-electron chi connectivity index (χ4n) is 2.02. The molecule has 2 atom stereocenters. The van der Waals surface area contributed by atoms with Gasteiger partial charge in [0.25, 0.3) is 0 Å². The van der Waals surface area contributed by atoms with Gasteiger partial charge in [-0.05, 0) is 25.0 Å². The highest BCUT2D eigenvalue weighted by atomic mass is 32.2. The Balaban J connectivity index is 2.00. The molecular weight excluding hydrogens is 344 g/mol. The van der Waals surface area contributed by atoms with E-state index in [2.05, 4.69) is 87.6 Å². The van der Waals surface area contributed by atoms with Crippen LogP contribution in [0.4, 0.5) is 0 Å². The van der Waals surface area contributed by atoms with Crippen molar-refractivity contribution in [2.45, 2.75) is 24.3 Å². The summed E-state index contributed by atoms with van der Waals surface area (Å²) in [5.74, 6) is 0. The molecule has 0 aliphatic rings. The van der Waals surface area contributed by atoms with Crippen LogP contribution in [0.15, 0.2) is 69.1 Å². The van der Waals surface area contributed by atoms with E-state index in [9.17, 15) is 0 Å². The topological polar surface area (TPSA) is 0 Å². The maximum Gasteiger partial charge on any atom is 0.0575 e. The van der Waals surface area contributed by atoms with E-state index in [0.717, 1.165) is 8.47 Å². The standard InChI is InChI=1S/C18H20S4/c1-13(15-9-5-3-6-10-15)21-17(19)18(20)22-14(2)16-11-7-4-8-12-16/h3-14,19-20H,1-2H3/b18-17-. The molecule has 22 heavy (non-hydrogen) atoms. The van der Waals surface area contributed by atoms with Crippen LogP contribution in [0.25, 0.3) is 0 Å². The van der Waals surface area contributed by atoms with Crippen molar-refractivity contribution in [2.24, 2.45) is 0 Å². The highest BCUT2D eigenvalue weighted by Crippen LogP contribution is 2.45. The Bertz CT molecular complexity index is 552. The molecule has 0 N–H and O–H groups in total. The van der Waals surface area contributed by atoms with E-state index < -0.39 is 0 Å². The van der Waals surface area contributed by atoms with E-state index >= 15 is 0 Å². The van der Waals surface area contributed by atoms with Gasteiger partial charge in [0.15, 0.2) is 0 Å². The van der Waals surface area contributed by atoms with Gasteiger partial charge in [-0.2, -0.15) is 0 Å². The minimum absolute atomic E-state index is 0.364. The lowest BCUT2D eigenvalue weighted by Gasteiger charge is -2.15. The average Bonchev–Trinajstić information content (AvgIpc) is 2.56. The Kier molecular flexibility index (Phi) is 7.35. The zero-order chi connectivity index (χ0) is 15.9. The molecule has 0 saturated carbocycles. The molecule has 0 heterocycles. The van der Waals surface area contributed by atoms with Gasteiger partial charge < -0.3 is 0 Å². The van der Waals surface area contributed by atoms with Gasteiger partial charge >= 0.3 is 0 Å². The minimum atomic E-state index is 0.364. The number of thiol groups is 2. The second-order valence-electron chi connectivity index (χ2n) is 4.95. The lowest BCUT2D eigenvalue weighted by Crippen LogP contribution is -1.89. The molecule has 0 amide bonds. The summed E-state index contributed by atoms with van der Waals surface area (Å²) in [6.07, 6.45) is 0. The van der Waals surface area contributed by atoms with Crippen LogP contribution < -0.4 is 0 Å². The van der Waals surface area contributed by atoms with E-state index in [4.69, 9.17) is 0 Å². The van der Waals surface area contributed by atoms with E-state index in [1.165, 1.54) is 11.1 Å². The number of rotatable bonds is 6. The van der Waals surface area contributed by atoms with Gasteiger partial charge in [-0.3, -0.25) is 0 Å². The van der Waals surface area contributed by atoms with E-state index in [1.54, 1.807) is 23.5 Å². The lowest BCUT2D eigenvalue weighted by molar-refractivity contribution is 1.10. The summed E-state index contributed by atoms with van der Waals surface area (Å²) >= 11 is 12.8. The molecule has 2 aromatic rings. The highest BCUT2D eigenvalue weighted by Gasteiger charge is 2.13. The molecule has 2 unspecified atom stereocenters. The van der Waals surface area contributed by atoms with Crippen LogP contribution in [0.2, 0.25) is 0 Å². The summed E-state index contributed by atoms with van der Waals surface area (Å²) in [6.45, 7) is 4.39. The quantitative estimate of drug-likeness (QED) is 0.532. The Hall–Kier alpha value is -0.420. The summed E-state index contributed by atoms with van der Waals surface area (Å²) in [5, 5.41) is 0.729. The van der Waals surface area contributed by atoms with Crippen molar-refractivity contribution in [2.75, 3.05) is 0 Å². The predicted octanol–water partition coefficient (Wildman–Crippen LogP) is 6.96. The smallest absolute Gasteiger partial charge is 0.0575 e. The van der Waals surface area contributed by atoms with Crippen molar-refractivity contribution in [1.29, 1.82) is 0 Å². The largest absolute Gasteiger partial charge is 0.135 e. The Morgan fingerprint density at radius 2 is 1.00 bits per heavy atom. The molecule has 0 bridgehead atoms. The van der Waals surface area contributed by atoms with Crippen LogP contribution in [-0.4, -0.2) is 0 Å². The molecule has 0 fully saturated rings. The SMILES string of the molecule is CC(S/C(S)=C(/S)SC(C)c1ccccc1)c1ccccc1. The van der Waals surface area contributed by atoms with E-state index in [1.807, 2.05) is 12.1 Å². The van der Waals surface area contributed by atoms with Gasteiger partial charge in [0.1, 0.15) is 0 Å². The third kappa shape index (κ3) is 5.34. The van der Waals surface area contributed by atoms with Crippen molar-refractivity contribution < 1.29 is 0 Å². The van der Waals surface area contributed by atoms with Crippen molar-refractivity contribution in [3.63, 3.8) is 0 Å². The number of thioether (sulfide) groups is 2. The average molecular weight is 365 g/mol. The maximum atomic E-state index is 4.65. The number of hydrogen-bond donors (Lipinski definition) is 2. The van der Waals surface area contributed by atoms with Gasteiger partial charge in [0.05, 0.1) is 8.47 Å². The second kappa shape index (κ2) is 9.02. The Morgan fingerprint density at radius 1 is 0.682 bits per heavy atom. The summed E-state index contributed by atoms with van der Waals surface area (Å²) in [6, 6.07) is 21.0. The predicted molar refractivity (Wildman–Crippen MR) is 110 cm³/mol. The van der Waals surface area contributed by atoms with E-state index in [0.29, 0.717) is 10.5 Å². The summed E-state index contributed by atoms with van der Waals surface area (Å²) in [5.41, 5.74) is 2.61. The Labute approximate surface area is 153 Å². The fraction of sp³-hybridized carbons (Fsp3) is 0.222. The third-order valence-corrected chi connectivity index (χ3v) is 7.09. The van der Waals surface area contributed by atoms with Crippen LogP contribution in [-0.2, 0) is 0 Å². The zero-order valence-electron chi connectivity index (χ0n) is 12.6. The maximum absolute atomic E-state index is 4.65. The molecule has 0 aromatic heterocycles. The monoisotopic (exact) mass is 364 g/mol. The fourth-order valence-corrected chi connectivity index (χ4v) is 5.03. The van der Waals surface area contributed by atoms with Crippen molar-refractivity contribution in [3.05, 3.63) is 80.3 Å². The van der Waals surface area contributed by atoms with Crippen molar-refractivity contribution in [3.8, 4) is 0 Å². The number of hydrogen-bond acceptors (Lipinski definition) is 4. The van der Waals surface area contributed by atoms with Gasteiger partial charge in [0, 0.05) is 10.5 Å². The summed E-state index contributed by atoms with van der Waals surface area (Å²) in [4.78, 5) is 0. The number of benzene rings is 2. The third-order valence-electron chi connectivity index (χ3n) is 3.30. The molecule has 0 aliphatic heterocycles. The first-order valence-corrected chi connectivity index (χ1v) is 9.78. The van der Waals surface area contributed by atoms with Crippen LogP contribution in [0.3, 0.4) is 0 Å². The minimum Gasteiger partial charge on any atom is -0.135 e. The van der Waals surface area contributed by atoms with E-state index in [-0.39, 0.29) is 0 Å². The van der Waals surface area contributed by atoms with Crippen LogP contribution in [0.5, 0.6) is 0 Å². The lowest BCUT2D eigenvalue weighted by atomic mass is 10.2. The molecule has 2 aromatic carbocycles. The van der Waals surface area contributed by atoms with Gasteiger partial charge in [-0.25, -0.2) is 0 Å². The molecule has 2 rings (SSSR count). The molecule has 0 radical (unpaired) electrons. The molecule has 0 spiro atoms. The molecule has 4 heteroatoms.